The van der Waals surface area contributed by atoms with Gasteiger partial charge in [-0.25, -0.2) is 0 Å². The number of halogens is 1. The van der Waals surface area contributed by atoms with Crippen LogP contribution in [0.2, 0.25) is 0 Å². The van der Waals surface area contributed by atoms with Crippen molar-refractivity contribution < 1.29 is 19.0 Å². The highest BCUT2D eigenvalue weighted by molar-refractivity contribution is 6.34. The smallest absolute Gasteiger partial charge is 0.184 e. The zero-order chi connectivity index (χ0) is 19.6. The summed E-state index contributed by atoms with van der Waals surface area (Å²) in [6.07, 6.45) is 1.64. The number of carbonyl (C=O) groups excluding carboxylic acids is 1. The van der Waals surface area contributed by atoms with Gasteiger partial charge in [0, 0.05) is 17.6 Å². The van der Waals surface area contributed by atoms with Gasteiger partial charge in [-0.3, -0.25) is 9.78 Å². The number of ether oxygens (including phenoxy) is 3. The first-order valence-corrected chi connectivity index (χ1v) is 8.85. The second-order valence-corrected chi connectivity index (χ2v) is 6.77. The summed E-state index contributed by atoms with van der Waals surface area (Å²) in [5.74, 6) is 1.96. The van der Waals surface area contributed by atoms with E-state index in [0.29, 0.717) is 34.1 Å². The molecule has 27 heavy (non-hydrogen) atoms. The number of carbonyl (C=O) groups is 1. The number of alkyl halides is 1. The van der Waals surface area contributed by atoms with Crippen molar-refractivity contribution in [3.05, 3.63) is 53.7 Å². The van der Waals surface area contributed by atoms with Crippen LogP contribution < -0.4 is 14.2 Å². The summed E-state index contributed by atoms with van der Waals surface area (Å²) in [4.78, 5) is 16.9. The van der Waals surface area contributed by atoms with Gasteiger partial charge in [-0.2, -0.15) is 0 Å². The zero-order valence-electron chi connectivity index (χ0n) is 15.6. The third-order valence-electron chi connectivity index (χ3n) is 4.19. The number of benzene rings is 2. The van der Waals surface area contributed by atoms with Crippen molar-refractivity contribution in [3.8, 4) is 23.0 Å². The van der Waals surface area contributed by atoms with E-state index in [9.17, 15) is 4.79 Å². The maximum atomic E-state index is 12.5. The molecule has 1 aromatic heterocycles. The molecule has 0 bridgehead atoms. The number of pyridine rings is 1. The van der Waals surface area contributed by atoms with E-state index in [2.05, 4.69) is 4.98 Å². The van der Waals surface area contributed by atoms with Gasteiger partial charge in [0.2, 0.25) is 0 Å². The number of Topliss-reactive ketones (excluding diaryl/α,β-unsaturated/α-hetero) is 1. The molecule has 0 radical (unpaired) electrons. The first-order chi connectivity index (χ1) is 12.9. The van der Waals surface area contributed by atoms with Crippen molar-refractivity contribution in [3.63, 3.8) is 0 Å². The molecule has 0 aliphatic carbocycles. The summed E-state index contributed by atoms with van der Waals surface area (Å²) in [6, 6.07) is 10.8. The fourth-order valence-corrected chi connectivity index (χ4v) is 2.91. The van der Waals surface area contributed by atoms with Gasteiger partial charge >= 0.3 is 0 Å². The molecule has 5 nitrogen and oxygen atoms in total. The third kappa shape index (κ3) is 3.83. The number of hydrogen-bond donors (Lipinski definition) is 0. The number of rotatable bonds is 6. The largest absolute Gasteiger partial charge is 0.493 e. The molecule has 6 heteroatoms. The summed E-state index contributed by atoms with van der Waals surface area (Å²) in [7, 11) is 3.14. The van der Waals surface area contributed by atoms with Crippen LogP contribution in [0.5, 0.6) is 23.0 Å². The highest BCUT2D eigenvalue weighted by atomic mass is 35.5. The maximum Gasteiger partial charge on any atom is 0.184 e. The molecule has 0 aliphatic heterocycles. The summed E-state index contributed by atoms with van der Waals surface area (Å²) in [5, 5.41) is 0.0979. The molecule has 1 heterocycles. The molecule has 0 spiro atoms. The average molecular weight is 386 g/mol. The quantitative estimate of drug-likeness (QED) is 0.433. The van der Waals surface area contributed by atoms with Gasteiger partial charge in [0.25, 0.3) is 0 Å². The van der Waals surface area contributed by atoms with Crippen LogP contribution >= 0.6 is 11.6 Å². The minimum atomic E-state index is -0.646. The van der Waals surface area contributed by atoms with Gasteiger partial charge in [-0.05, 0) is 38.1 Å². The Balaban J connectivity index is 2.11. The summed E-state index contributed by atoms with van der Waals surface area (Å²) in [6.45, 7) is 3.56. The Bertz CT molecular complexity index is 1000. The second-order valence-electron chi connectivity index (χ2n) is 6.12. The highest BCUT2D eigenvalue weighted by Gasteiger charge is 2.19. The van der Waals surface area contributed by atoms with Gasteiger partial charge in [-0.1, -0.05) is 11.6 Å². The standard InChI is InChI=1S/C21H20ClNO4/c1-12-5-6-17(15(9-12)21(24)13(2)22)27-18-7-8-23-16-11-20(26-4)19(25-3)10-14(16)18/h5-11,13H,1-4H3. The Labute approximate surface area is 162 Å². The van der Waals surface area contributed by atoms with E-state index in [1.54, 1.807) is 57.7 Å². The van der Waals surface area contributed by atoms with Gasteiger partial charge in [0.05, 0.1) is 30.7 Å². The van der Waals surface area contributed by atoms with Crippen LogP contribution in [-0.2, 0) is 0 Å². The summed E-state index contributed by atoms with van der Waals surface area (Å²) in [5.41, 5.74) is 2.09. The molecule has 3 aromatic rings. The molecular weight excluding hydrogens is 366 g/mol. The van der Waals surface area contributed by atoms with E-state index in [-0.39, 0.29) is 5.78 Å². The van der Waals surface area contributed by atoms with Crippen molar-refractivity contribution in [1.82, 2.24) is 4.98 Å². The first-order valence-electron chi connectivity index (χ1n) is 8.42. The minimum absolute atomic E-state index is 0.187. The van der Waals surface area contributed by atoms with Crippen LogP contribution in [0, 0.1) is 6.92 Å². The van der Waals surface area contributed by atoms with E-state index < -0.39 is 5.38 Å². The number of methoxy groups -OCH3 is 2. The van der Waals surface area contributed by atoms with Gasteiger partial charge in [0.15, 0.2) is 17.3 Å². The predicted octanol–water partition coefficient (Wildman–Crippen LogP) is 5.16. The Hall–Kier alpha value is -2.79. The van der Waals surface area contributed by atoms with Crippen LogP contribution in [0.15, 0.2) is 42.6 Å². The summed E-state index contributed by atoms with van der Waals surface area (Å²) >= 11 is 6.01. The second kappa shape index (κ2) is 7.84. The number of aryl methyl sites for hydroxylation is 1. The topological polar surface area (TPSA) is 57.7 Å². The zero-order valence-corrected chi connectivity index (χ0v) is 16.3. The fraction of sp³-hybridized carbons (Fsp3) is 0.238. The highest BCUT2D eigenvalue weighted by Crippen LogP contribution is 2.37. The molecule has 3 rings (SSSR count). The van der Waals surface area contributed by atoms with E-state index >= 15 is 0 Å². The van der Waals surface area contributed by atoms with E-state index in [0.717, 1.165) is 10.9 Å². The maximum absolute atomic E-state index is 12.5. The first kappa shape index (κ1) is 19.0. The lowest BCUT2D eigenvalue weighted by Gasteiger charge is -2.15. The summed E-state index contributed by atoms with van der Waals surface area (Å²) < 4.78 is 16.8. The van der Waals surface area contributed by atoms with E-state index in [4.69, 9.17) is 25.8 Å². The lowest BCUT2D eigenvalue weighted by atomic mass is 10.0. The number of ketones is 1. The van der Waals surface area contributed by atoms with Gasteiger partial charge in [-0.15, -0.1) is 11.6 Å². The molecule has 0 amide bonds. The molecule has 0 N–H and O–H groups in total. The molecule has 140 valence electrons. The van der Waals surface area contributed by atoms with Crippen LogP contribution in [0.4, 0.5) is 0 Å². The number of aromatic nitrogens is 1. The molecule has 0 saturated heterocycles. The van der Waals surface area contributed by atoms with Gasteiger partial charge < -0.3 is 14.2 Å². The molecular formula is C21H20ClNO4. The minimum Gasteiger partial charge on any atom is -0.493 e. The fourth-order valence-electron chi connectivity index (χ4n) is 2.79. The van der Waals surface area contributed by atoms with Crippen molar-refractivity contribution in [2.45, 2.75) is 19.2 Å². The Morgan fingerprint density at radius 1 is 1.00 bits per heavy atom. The van der Waals surface area contributed by atoms with Crippen LogP contribution in [0.25, 0.3) is 10.9 Å². The Morgan fingerprint density at radius 2 is 1.70 bits per heavy atom. The Morgan fingerprint density at radius 3 is 2.37 bits per heavy atom. The molecule has 0 saturated carbocycles. The SMILES string of the molecule is COc1cc2nccc(Oc3ccc(C)cc3C(=O)C(C)Cl)c2cc1OC. The third-order valence-corrected chi connectivity index (χ3v) is 4.39. The van der Waals surface area contributed by atoms with Crippen molar-refractivity contribution in [2.24, 2.45) is 0 Å². The molecule has 2 aromatic carbocycles. The van der Waals surface area contributed by atoms with Crippen molar-refractivity contribution >= 4 is 28.3 Å². The average Bonchev–Trinajstić information content (AvgIpc) is 2.67. The van der Waals surface area contributed by atoms with E-state index in [1.807, 2.05) is 13.0 Å². The van der Waals surface area contributed by atoms with Crippen LogP contribution in [0.1, 0.15) is 22.8 Å². The molecule has 0 fully saturated rings. The van der Waals surface area contributed by atoms with Crippen LogP contribution in [-0.4, -0.2) is 30.4 Å². The van der Waals surface area contributed by atoms with Crippen LogP contribution in [0.3, 0.4) is 0 Å². The van der Waals surface area contributed by atoms with E-state index in [1.165, 1.54) is 0 Å². The monoisotopic (exact) mass is 385 g/mol. The normalized spacial score (nSPS) is 11.9. The Kier molecular flexibility index (Phi) is 5.51. The predicted molar refractivity (Wildman–Crippen MR) is 106 cm³/mol. The molecule has 1 unspecified atom stereocenters. The lowest BCUT2D eigenvalue weighted by molar-refractivity contribution is 0.0989. The number of nitrogens with zero attached hydrogens (tertiary/aromatic N) is 1. The van der Waals surface area contributed by atoms with Crippen molar-refractivity contribution in [1.29, 1.82) is 0 Å². The number of fused-ring (bicyclic) bond motifs is 1. The number of hydrogen-bond acceptors (Lipinski definition) is 5. The molecule has 1 atom stereocenters. The lowest BCUT2D eigenvalue weighted by Crippen LogP contribution is -2.12. The van der Waals surface area contributed by atoms with Gasteiger partial charge in [0.1, 0.15) is 11.5 Å². The van der Waals surface area contributed by atoms with Crippen molar-refractivity contribution in [2.75, 3.05) is 14.2 Å². The molecule has 0 aliphatic rings.